The maximum atomic E-state index is 14.2. The number of benzene rings is 2. The molecule has 1 amide bonds. The molecular weight excluding hydrogens is 518 g/mol. The van der Waals surface area contributed by atoms with Crippen molar-refractivity contribution in [3.05, 3.63) is 86.3 Å². The van der Waals surface area contributed by atoms with Crippen LogP contribution in [-0.2, 0) is 6.18 Å². The lowest BCUT2D eigenvalue weighted by Gasteiger charge is -2.25. The topological polar surface area (TPSA) is 94.4 Å². The van der Waals surface area contributed by atoms with Crippen molar-refractivity contribution in [2.24, 2.45) is 0 Å². The molecule has 7 nitrogen and oxygen atoms in total. The first-order valence-corrected chi connectivity index (χ1v) is 11.7. The van der Waals surface area contributed by atoms with Crippen LogP contribution in [0.4, 0.5) is 28.9 Å². The van der Waals surface area contributed by atoms with E-state index in [1.165, 1.54) is 12.1 Å². The number of carbonyl (C=O) groups excluding carboxylic acids is 1. The van der Waals surface area contributed by atoms with E-state index in [-0.39, 0.29) is 22.5 Å². The molecule has 0 unspecified atom stereocenters. The van der Waals surface area contributed by atoms with E-state index in [2.05, 4.69) is 10.3 Å². The molecule has 3 aromatic rings. The lowest BCUT2D eigenvalue weighted by atomic mass is 9.83. The monoisotopic (exact) mass is 537 g/mol. The van der Waals surface area contributed by atoms with E-state index in [0.717, 1.165) is 56.4 Å². The van der Waals surface area contributed by atoms with E-state index in [0.29, 0.717) is 17.5 Å². The fourth-order valence-corrected chi connectivity index (χ4v) is 4.42. The highest BCUT2D eigenvalue weighted by Gasteiger charge is 2.32. The Kier molecular flexibility index (Phi) is 7.63. The van der Waals surface area contributed by atoms with E-state index in [9.17, 15) is 32.5 Å². The molecule has 1 aliphatic rings. The van der Waals surface area contributed by atoms with E-state index >= 15 is 0 Å². The van der Waals surface area contributed by atoms with Gasteiger partial charge < -0.3 is 10.1 Å². The Hall–Kier alpha value is -3.73. The molecule has 0 atom stereocenters. The van der Waals surface area contributed by atoms with E-state index in [1.54, 1.807) is 6.07 Å². The largest absolute Gasteiger partial charge is 0.437 e. The number of halogens is 5. The van der Waals surface area contributed by atoms with E-state index < -0.39 is 39.6 Å². The van der Waals surface area contributed by atoms with E-state index in [1.807, 2.05) is 0 Å². The van der Waals surface area contributed by atoms with Crippen LogP contribution in [0.15, 0.2) is 48.7 Å². The van der Waals surface area contributed by atoms with Crippen molar-refractivity contribution in [3.8, 4) is 11.6 Å². The van der Waals surface area contributed by atoms with E-state index in [4.69, 9.17) is 16.3 Å². The number of anilines is 1. The van der Waals surface area contributed by atoms with Crippen LogP contribution in [0, 0.1) is 15.9 Å². The summed E-state index contributed by atoms with van der Waals surface area (Å²) in [5.41, 5.74) is -0.970. The number of nitrogens with one attached hydrogen (secondary N) is 1. The first-order chi connectivity index (χ1) is 17.5. The Bertz CT molecular complexity index is 1340. The molecular formula is C25H20ClF4N3O4. The number of rotatable bonds is 6. The van der Waals surface area contributed by atoms with Crippen LogP contribution in [0.2, 0.25) is 5.02 Å². The highest BCUT2D eigenvalue weighted by atomic mass is 35.5. The molecule has 0 radical (unpaired) electrons. The van der Waals surface area contributed by atoms with Crippen molar-refractivity contribution in [1.82, 2.24) is 4.98 Å². The van der Waals surface area contributed by atoms with Crippen LogP contribution in [-0.4, -0.2) is 15.8 Å². The molecule has 1 fully saturated rings. The minimum atomic E-state index is -4.61. The molecule has 1 aromatic heterocycles. The molecule has 0 spiro atoms. The van der Waals surface area contributed by atoms with Crippen LogP contribution in [0.1, 0.15) is 59.5 Å². The molecule has 37 heavy (non-hydrogen) atoms. The first kappa shape index (κ1) is 26.3. The summed E-state index contributed by atoms with van der Waals surface area (Å²) < 4.78 is 58.9. The zero-order valence-electron chi connectivity index (χ0n) is 19.1. The second kappa shape index (κ2) is 10.7. The summed E-state index contributed by atoms with van der Waals surface area (Å²) in [7, 11) is 0. The van der Waals surface area contributed by atoms with Crippen molar-refractivity contribution >= 4 is 28.9 Å². The number of hydrogen-bond donors (Lipinski definition) is 1. The number of nitro groups is 1. The van der Waals surface area contributed by atoms with Gasteiger partial charge in [-0.25, -0.2) is 9.37 Å². The van der Waals surface area contributed by atoms with Gasteiger partial charge >= 0.3 is 6.18 Å². The lowest BCUT2D eigenvalue weighted by Crippen LogP contribution is -2.15. The molecule has 1 heterocycles. The van der Waals surface area contributed by atoms with Crippen LogP contribution in [0.3, 0.4) is 0 Å². The SMILES string of the molecule is O=C(Nc1ccc(Oc2ncc(C(F)(F)F)cc2Cl)c(C2CCCCC2)c1)c1cc([N+](=O)[O-])ccc1F. The van der Waals surface area contributed by atoms with Crippen molar-refractivity contribution in [2.45, 2.75) is 44.2 Å². The van der Waals surface area contributed by atoms with Gasteiger partial charge in [0.1, 0.15) is 16.6 Å². The van der Waals surface area contributed by atoms with Crippen LogP contribution >= 0.6 is 11.6 Å². The molecule has 12 heteroatoms. The summed E-state index contributed by atoms with van der Waals surface area (Å²) in [6.07, 6.45) is 0.632. The molecule has 0 aliphatic heterocycles. The molecule has 4 rings (SSSR count). The van der Waals surface area contributed by atoms with Gasteiger partial charge in [0, 0.05) is 24.0 Å². The minimum Gasteiger partial charge on any atom is -0.437 e. The van der Waals surface area contributed by atoms with Crippen molar-refractivity contribution in [1.29, 1.82) is 0 Å². The number of amides is 1. The molecule has 2 aromatic carbocycles. The number of pyridine rings is 1. The molecule has 0 bridgehead atoms. The van der Waals surface area contributed by atoms with Gasteiger partial charge in [0.2, 0.25) is 5.88 Å². The summed E-state index contributed by atoms with van der Waals surface area (Å²) >= 11 is 6.01. The van der Waals surface area contributed by atoms with Crippen molar-refractivity contribution < 1.29 is 32.0 Å². The highest BCUT2D eigenvalue weighted by molar-refractivity contribution is 6.31. The highest BCUT2D eigenvalue weighted by Crippen LogP contribution is 2.42. The third-order valence-corrected chi connectivity index (χ3v) is 6.33. The third kappa shape index (κ3) is 6.16. The maximum Gasteiger partial charge on any atom is 0.417 e. The van der Waals surface area contributed by atoms with Gasteiger partial charge in [-0.05, 0) is 54.7 Å². The van der Waals surface area contributed by atoms with Crippen LogP contribution < -0.4 is 10.1 Å². The lowest BCUT2D eigenvalue weighted by molar-refractivity contribution is -0.384. The number of hydrogen-bond acceptors (Lipinski definition) is 5. The predicted molar refractivity (Wildman–Crippen MR) is 128 cm³/mol. The quantitative estimate of drug-likeness (QED) is 0.196. The average molecular weight is 538 g/mol. The number of carbonyl (C=O) groups is 1. The standard InChI is InChI=1S/C25H20ClF4N3O4/c26-20-10-15(25(28,29)30)13-31-24(20)37-22-9-6-16(11-18(22)14-4-2-1-3-5-14)32-23(34)19-12-17(33(35)36)7-8-21(19)27/h6-14H,1-5H2,(H,32,34). The van der Waals surface area contributed by atoms with Gasteiger partial charge in [0.15, 0.2) is 0 Å². The Balaban J connectivity index is 1.64. The zero-order valence-corrected chi connectivity index (χ0v) is 19.9. The summed E-state index contributed by atoms with van der Waals surface area (Å²) in [4.78, 5) is 26.7. The number of nitro benzene ring substituents is 1. The van der Waals surface area contributed by atoms with Gasteiger partial charge in [-0.2, -0.15) is 13.2 Å². The third-order valence-electron chi connectivity index (χ3n) is 6.06. The summed E-state index contributed by atoms with van der Waals surface area (Å²) in [5.74, 6) is -1.67. The smallest absolute Gasteiger partial charge is 0.417 e. The summed E-state index contributed by atoms with van der Waals surface area (Å²) in [6, 6.07) is 8.00. The molecule has 1 saturated carbocycles. The Morgan fingerprint density at radius 2 is 1.84 bits per heavy atom. The summed E-state index contributed by atoms with van der Waals surface area (Å²) in [6.45, 7) is 0. The second-order valence-electron chi connectivity index (χ2n) is 8.57. The van der Waals surface area contributed by atoms with Gasteiger partial charge in [0.25, 0.3) is 11.6 Å². The summed E-state index contributed by atoms with van der Waals surface area (Å²) in [5, 5.41) is 13.2. The predicted octanol–water partition coefficient (Wildman–Crippen LogP) is 7.89. The molecule has 1 aliphatic carbocycles. The van der Waals surface area contributed by atoms with Crippen LogP contribution in [0.5, 0.6) is 11.6 Å². The Morgan fingerprint density at radius 1 is 1.11 bits per heavy atom. The van der Waals surface area contributed by atoms with Gasteiger partial charge in [0.05, 0.1) is 16.1 Å². The minimum absolute atomic E-state index is 0.0309. The van der Waals surface area contributed by atoms with Gasteiger partial charge in [-0.1, -0.05) is 30.9 Å². The number of ether oxygens (including phenoxy) is 1. The molecule has 0 saturated heterocycles. The fraction of sp³-hybridized carbons (Fsp3) is 0.280. The first-order valence-electron chi connectivity index (χ1n) is 11.3. The van der Waals surface area contributed by atoms with Gasteiger partial charge in [-0.15, -0.1) is 0 Å². The van der Waals surface area contributed by atoms with Crippen LogP contribution in [0.25, 0.3) is 0 Å². The number of nitrogens with zero attached hydrogens (tertiary/aromatic N) is 2. The normalized spacial score (nSPS) is 14.3. The number of non-ortho nitro benzene ring substituents is 1. The van der Waals surface area contributed by atoms with Crippen molar-refractivity contribution in [3.63, 3.8) is 0 Å². The molecule has 194 valence electrons. The van der Waals surface area contributed by atoms with Gasteiger partial charge in [-0.3, -0.25) is 14.9 Å². The van der Waals surface area contributed by atoms with Crippen molar-refractivity contribution in [2.75, 3.05) is 5.32 Å². The Labute approximate surface area is 213 Å². The number of alkyl halides is 3. The number of aromatic nitrogens is 1. The average Bonchev–Trinajstić information content (AvgIpc) is 2.86. The second-order valence-corrected chi connectivity index (χ2v) is 8.98. The maximum absolute atomic E-state index is 14.2. The zero-order chi connectivity index (χ0) is 26.7. The molecule has 1 N–H and O–H groups in total. The fourth-order valence-electron chi connectivity index (χ4n) is 4.21. The Morgan fingerprint density at radius 3 is 2.49 bits per heavy atom.